The SMILES string of the molecule is COc1ccc(-c2c(NC(C)c3ccccc3)c(=O)c2=O)cc1. The van der Waals surface area contributed by atoms with Crippen LogP contribution in [0.25, 0.3) is 11.1 Å². The van der Waals surface area contributed by atoms with Gasteiger partial charge in [0, 0.05) is 6.04 Å². The van der Waals surface area contributed by atoms with Crippen molar-refractivity contribution in [3.8, 4) is 16.9 Å². The van der Waals surface area contributed by atoms with Gasteiger partial charge in [0.25, 0.3) is 0 Å². The van der Waals surface area contributed by atoms with E-state index in [1.54, 1.807) is 31.4 Å². The lowest BCUT2D eigenvalue weighted by atomic mass is 9.97. The zero-order valence-corrected chi connectivity index (χ0v) is 13.0. The number of rotatable bonds is 5. The lowest BCUT2D eigenvalue weighted by Gasteiger charge is -2.19. The third-order valence-corrected chi connectivity index (χ3v) is 3.95. The Kier molecular flexibility index (Phi) is 3.98. The molecule has 0 spiro atoms. The summed E-state index contributed by atoms with van der Waals surface area (Å²) in [6, 6.07) is 16.9. The summed E-state index contributed by atoms with van der Waals surface area (Å²) in [5, 5.41) is 3.17. The van der Waals surface area contributed by atoms with Crippen LogP contribution in [0.1, 0.15) is 18.5 Å². The van der Waals surface area contributed by atoms with Crippen LogP contribution in [0.3, 0.4) is 0 Å². The number of hydrogen-bond acceptors (Lipinski definition) is 4. The molecule has 0 heterocycles. The Morgan fingerprint density at radius 2 is 1.57 bits per heavy atom. The minimum atomic E-state index is -0.460. The Hall–Kier alpha value is -2.88. The molecule has 0 fully saturated rings. The van der Waals surface area contributed by atoms with Gasteiger partial charge in [-0.05, 0) is 30.2 Å². The molecule has 3 rings (SSSR count). The molecule has 0 aliphatic carbocycles. The molecule has 0 aliphatic heterocycles. The third-order valence-electron chi connectivity index (χ3n) is 3.95. The van der Waals surface area contributed by atoms with E-state index in [2.05, 4.69) is 5.32 Å². The normalized spacial score (nSPS) is 12.1. The molecule has 0 aromatic heterocycles. The second-order valence-corrected chi connectivity index (χ2v) is 5.41. The van der Waals surface area contributed by atoms with Gasteiger partial charge in [-0.15, -0.1) is 0 Å². The lowest BCUT2D eigenvalue weighted by Crippen LogP contribution is -2.36. The van der Waals surface area contributed by atoms with Gasteiger partial charge in [-0.1, -0.05) is 42.5 Å². The van der Waals surface area contributed by atoms with Crippen LogP contribution in [-0.4, -0.2) is 7.11 Å². The molecule has 1 atom stereocenters. The standard InChI is InChI=1S/C19H17NO3/c1-12(13-6-4-3-5-7-13)20-17-16(18(21)19(17)22)14-8-10-15(23-2)11-9-14/h3-12,20H,1-2H3. The highest BCUT2D eigenvalue weighted by Crippen LogP contribution is 2.28. The average molecular weight is 307 g/mol. The molecular weight excluding hydrogens is 290 g/mol. The van der Waals surface area contributed by atoms with Gasteiger partial charge in [-0.3, -0.25) is 9.59 Å². The Bertz CT molecular complexity index is 875. The first-order chi connectivity index (χ1) is 11.1. The second-order valence-electron chi connectivity index (χ2n) is 5.41. The van der Waals surface area contributed by atoms with Gasteiger partial charge in [0.2, 0.25) is 10.9 Å². The Morgan fingerprint density at radius 3 is 2.17 bits per heavy atom. The van der Waals surface area contributed by atoms with Gasteiger partial charge in [0.1, 0.15) is 5.75 Å². The minimum Gasteiger partial charge on any atom is -0.497 e. The van der Waals surface area contributed by atoms with Crippen molar-refractivity contribution in [2.24, 2.45) is 0 Å². The predicted octanol–water partition coefficient (Wildman–Crippen LogP) is 3.13. The minimum absolute atomic E-state index is 0.0588. The fourth-order valence-corrected chi connectivity index (χ4v) is 2.60. The van der Waals surface area contributed by atoms with E-state index in [4.69, 9.17) is 4.74 Å². The fraction of sp³-hybridized carbons (Fsp3) is 0.158. The Balaban J connectivity index is 1.91. The monoisotopic (exact) mass is 307 g/mol. The van der Waals surface area contributed by atoms with Crippen molar-refractivity contribution in [3.63, 3.8) is 0 Å². The lowest BCUT2D eigenvalue weighted by molar-refractivity contribution is 0.415. The maximum absolute atomic E-state index is 12.0. The van der Waals surface area contributed by atoms with E-state index in [0.717, 1.165) is 11.1 Å². The first kappa shape index (κ1) is 15.0. The van der Waals surface area contributed by atoms with Crippen LogP contribution in [0.15, 0.2) is 64.2 Å². The van der Waals surface area contributed by atoms with Gasteiger partial charge in [-0.2, -0.15) is 0 Å². The highest BCUT2D eigenvalue weighted by Gasteiger charge is 2.23. The number of ether oxygens (including phenoxy) is 1. The molecule has 4 heteroatoms. The van der Waals surface area contributed by atoms with Gasteiger partial charge in [0.05, 0.1) is 18.4 Å². The van der Waals surface area contributed by atoms with Gasteiger partial charge in [0.15, 0.2) is 0 Å². The van der Waals surface area contributed by atoms with Crippen LogP contribution >= 0.6 is 0 Å². The largest absolute Gasteiger partial charge is 0.497 e. The van der Waals surface area contributed by atoms with Gasteiger partial charge in [-0.25, -0.2) is 0 Å². The quantitative estimate of drug-likeness (QED) is 0.736. The molecule has 0 saturated carbocycles. The second kappa shape index (κ2) is 6.08. The van der Waals surface area contributed by atoms with Crippen molar-refractivity contribution >= 4 is 5.69 Å². The fourth-order valence-electron chi connectivity index (χ4n) is 2.60. The topological polar surface area (TPSA) is 55.4 Å². The summed E-state index contributed by atoms with van der Waals surface area (Å²) >= 11 is 0. The molecule has 23 heavy (non-hydrogen) atoms. The molecule has 1 N–H and O–H groups in total. The van der Waals surface area contributed by atoms with E-state index in [1.165, 1.54) is 0 Å². The van der Waals surface area contributed by atoms with Crippen molar-refractivity contribution in [3.05, 3.63) is 80.6 Å². The van der Waals surface area contributed by atoms with Crippen LogP contribution in [0, 0.1) is 0 Å². The molecule has 3 aromatic carbocycles. The van der Waals surface area contributed by atoms with Crippen molar-refractivity contribution in [1.29, 1.82) is 0 Å². The molecule has 3 aromatic rings. The van der Waals surface area contributed by atoms with Crippen LogP contribution in [0.5, 0.6) is 5.75 Å². The zero-order chi connectivity index (χ0) is 16.4. The number of hydrogen-bond donors (Lipinski definition) is 1. The number of methoxy groups -OCH3 is 1. The predicted molar refractivity (Wildman–Crippen MR) is 91.8 cm³/mol. The number of anilines is 1. The molecule has 0 aliphatic rings. The van der Waals surface area contributed by atoms with Crippen molar-refractivity contribution in [2.75, 3.05) is 12.4 Å². The van der Waals surface area contributed by atoms with E-state index < -0.39 is 10.9 Å². The first-order valence-electron chi connectivity index (χ1n) is 7.41. The van der Waals surface area contributed by atoms with Crippen LogP contribution in [0.2, 0.25) is 0 Å². The van der Waals surface area contributed by atoms with E-state index in [-0.39, 0.29) is 6.04 Å². The molecule has 0 bridgehead atoms. The molecule has 0 saturated heterocycles. The third kappa shape index (κ3) is 2.75. The van der Waals surface area contributed by atoms with Crippen molar-refractivity contribution in [2.45, 2.75) is 13.0 Å². The summed E-state index contributed by atoms with van der Waals surface area (Å²) in [7, 11) is 1.58. The molecule has 1 unspecified atom stereocenters. The van der Waals surface area contributed by atoms with E-state index in [1.807, 2.05) is 37.3 Å². The summed E-state index contributed by atoms with van der Waals surface area (Å²) in [6.45, 7) is 1.96. The van der Waals surface area contributed by atoms with Crippen molar-refractivity contribution in [1.82, 2.24) is 0 Å². The van der Waals surface area contributed by atoms with E-state index in [0.29, 0.717) is 17.0 Å². The maximum Gasteiger partial charge on any atom is 0.250 e. The van der Waals surface area contributed by atoms with E-state index in [9.17, 15) is 9.59 Å². The summed E-state index contributed by atoms with van der Waals surface area (Å²) in [4.78, 5) is 23.9. The summed E-state index contributed by atoms with van der Waals surface area (Å²) in [5.74, 6) is 0.708. The molecule has 0 radical (unpaired) electrons. The van der Waals surface area contributed by atoms with E-state index >= 15 is 0 Å². The van der Waals surface area contributed by atoms with Crippen LogP contribution < -0.4 is 20.9 Å². The van der Waals surface area contributed by atoms with Gasteiger partial charge < -0.3 is 10.1 Å². The number of benzene rings is 2. The highest BCUT2D eigenvalue weighted by molar-refractivity contribution is 5.82. The van der Waals surface area contributed by atoms with Gasteiger partial charge >= 0.3 is 0 Å². The highest BCUT2D eigenvalue weighted by atomic mass is 16.5. The smallest absolute Gasteiger partial charge is 0.250 e. The van der Waals surface area contributed by atoms with Crippen LogP contribution in [0.4, 0.5) is 5.69 Å². The van der Waals surface area contributed by atoms with Crippen molar-refractivity contribution < 1.29 is 4.74 Å². The summed E-state index contributed by atoms with van der Waals surface area (Å²) < 4.78 is 5.11. The van der Waals surface area contributed by atoms with Crippen LogP contribution in [-0.2, 0) is 0 Å². The maximum atomic E-state index is 12.0. The molecule has 0 amide bonds. The average Bonchev–Trinajstić information content (AvgIpc) is 2.62. The summed E-state index contributed by atoms with van der Waals surface area (Å²) in [6.07, 6.45) is 0. The number of nitrogens with one attached hydrogen (secondary N) is 1. The summed E-state index contributed by atoms with van der Waals surface area (Å²) in [5.41, 5.74) is 1.70. The zero-order valence-electron chi connectivity index (χ0n) is 13.0. The molecule has 4 nitrogen and oxygen atoms in total. The first-order valence-corrected chi connectivity index (χ1v) is 7.41. The molecule has 116 valence electrons. The molecular formula is C19H17NO3. The Labute approximate surface area is 134 Å². The Morgan fingerprint density at radius 1 is 0.913 bits per heavy atom.